The molecule has 0 spiro atoms. The Morgan fingerprint density at radius 3 is 2.72 bits per heavy atom. The number of rotatable bonds is 5. The van der Waals surface area contributed by atoms with Crippen molar-refractivity contribution >= 4 is 10.1 Å². The zero-order valence-corrected chi connectivity index (χ0v) is 15.2. The minimum absolute atomic E-state index is 0.00321. The van der Waals surface area contributed by atoms with Crippen LogP contribution in [0, 0.1) is 0 Å². The van der Waals surface area contributed by atoms with Crippen LogP contribution in [0.15, 0.2) is 87.0 Å². The second kappa shape index (κ2) is 9.16. The Bertz CT molecular complexity index is 832. The Balaban J connectivity index is 2.18. The number of azo groups is 1. The highest BCUT2D eigenvalue weighted by Gasteiger charge is 2.18. The van der Waals surface area contributed by atoms with Gasteiger partial charge >= 0.3 is 10.1 Å². The van der Waals surface area contributed by atoms with Crippen LogP contribution in [0.1, 0.15) is 33.1 Å². The van der Waals surface area contributed by atoms with Crippen LogP contribution in [0.2, 0.25) is 0 Å². The van der Waals surface area contributed by atoms with Crippen molar-refractivity contribution in [3.05, 3.63) is 76.8 Å². The summed E-state index contributed by atoms with van der Waals surface area (Å²) >= 11 is 0. The molecule has 5 nitrogen and oxygen atoms in total. The number of hydrogen-bond acceptors (Lipinski definition) is 5. The van der Waals surface area contributed by atoms with E-state index in [-0.39, 0.29) is 16.7 Å². The summed E-state index contributed by atoms with van der Waals surface area (Å²) in [5.41, 5.74) is 3.51. The molecule has 2 aliphatic carbocycles. The molecule has 0 saturated heterocycles. The van der Waals surface area contributed by atoms with Gasteiger partial charge in [0.15, 0.2) is 0 Å². The van der Waals surface area contributed by atoms with Crippen LogP contribution in [0.5, 0.6) is 0 Å². The molecule has 25 heavy (non-hydrogen) atoms. The highest BCUT2D eigenvalue weighted by molar-refractivity contribution is 7.91. The van der Waals surface area contributed by atoms with Crippen LogP contribution in [0.25, 0.3) is 0 Å². The topological polar surface area (TPSA) is 68.1 Å². The van der Waals surface area contributed by atoms with Gasteiger partial charge in [0.1, 0.15) is 10.7 Å². The minimum Gasteiger partial charge on any atom is -0.379 e. The van der Waals surface area contributed by atoms with E-state index in [4.69, 9.17) is 4.18 Å². The van der Waals surface area contributed by atoms with E-state index < -0.39 is 10.1 Å². The molecule has 2 rings (SSSR count). The van der Waals surface area contributed by atoms with E-state index in [1.807, 2.05) is 32.1 Å². The molecule has 0 saturated carbocycles. The number of nitrogens with zero attached hydrogens (tertiary/aromatic N) is 2. The third-order valence-electron chi connectivity index (χ3n) is 3.18. The van der Waals surface area contributed by atoms with E-state index in [1.54, 1.807) is 30.4 Å². The highest BCUT2D eigenvalue weighted by Crippen LogP contribution is 2.20. The van der Waals surface area contributed by atoms with E-state index in [0.717, 1.165) is 5.70 Å². The molecule has 0 atom stereocenters. The predicted molar refractivity (Wildman–Crippen MR) is 99.0 cm³/mol. The lowest BCUT2D eigenvalue weighted by atomic mass is 10.2. The van der Waals surface area contributed by atoms with Gasteiger partial charge in [-0.05, 0) is 51.0 Å². The lowest BCUT2D eigenvalue weighted by Gasteiger charge is -2.09. The molecule has 0 aromatic carbocycles. The van der Waals surface area contributed by atoms with Gasteiger partial charge in [-0.3, -0.25) is 0 Å². The van der Waals surface area contributed by atoms with Gasteiger partial charge in [0.25, 0.3) is 0 Å². The first-order chi connectivity index (χ1) is 12.0. The molecule has 0 aliphatic heterocycles. The van der Waals surface area contributed by atoms with Crippen molar-refractivity contribution < 1.29 is 12.6 Å². The normalized spacial score (nSPS) is 25.0. The second-order valence-electron chi connectivity index (χ2n) is 5.73. The summed E-state index contributed by atoms with van der Waals surface area (Å²) in [5, 5.41) is 8.31. The van der Waals surface area contributed by atoms with Crippen molar-refractivity contribution in [2.45, 2.75) is 39.2 Å². The zero-order valence-electron chi connectivity index (χ0n) is 14.4. The van der Waals surface area contributed by atoms with Crippen LogP contribution >= 0.6 is 0 Å². The summed E-state index contributed by atoms with van der Waals surface area (Å²) in [6.07, 6.45) is 17.4. The standard InChI is InChI=1S/C19H22N2O3S/c1-16(2)20-21-17-10-8-9-11-18(15-14-17)24-25(22,23)19-12-6-4-3-5-7-13-19/h3-4,6-7,9-11,13,15-16H,5,8,14H2,1-2H3/b4-3-,11-9?,13-7-,17-10+,18-15+,21-20+. The maximum Gasteiger partial charge on any atom is 0.346 e. The largest absolute Gasteiger partial charge is 0.379 e. The molecule has 0 aromatic rings. The maximum absolute atomic E-state index is 12.5. The van der Waals surface area contributed by atoms with Crippen molar-refractivity contribution in [2.75, 3.05) is 0 Å². The quantitative estimate of drug-likeness (QED) is 0.400. The Kier molecular flexibility index (Phi) is 6.92. The monoisotopic (exact) mass is 358 g/mol. The third-order valence-corrected chi connectivity index (χ3v) is 4.38. The van der Waals surface area contributed by atoms with E-state index >= 15 is 0 Å². The zero-order chi connectivity index (χ0) is 18.1. The average molecular weight is 358 g/mol. The summed E-state index contributed by atoms with van der Waals surface area (Å²) in [7, 11) is -3.93. The molecular formula is C19H22N2O3S. The van der Waals surface area contributed by atoms with E-state index in [2.05, 4.69) is 16.0 Å². The Labute approximate surface area is 149 Å². The molecule has 0 radical (unpaired) electrons. The molecule has 0 unspecified atom stereocenters. The maximum atomic E-state index is 12.5. The Hall–Kier alpha value is -2.43. The second-order valence-corrected chi connectivity index (χ2v) is 7.25. The minimum atomic E-state index is -3.93. The lowest BCUT2D eigenvalue weighted by molar-refractivity contribution is 0.425. The number of hydrogen-bond donors (Lipinski definition) is 0. The van der Waals surface area contributed by atoms with E-state index in [0.29, 0.717) is 19.3 Å². The summed E-state index contributed by atoms with van der Waals surface area (Å²) in [6, 6.07) is 0.112. The summed E-state index contributed by atoms with van der Waals surface area (Å²) in [4.78, 5) is 0.00321. The summed E-state index contributed by atoms with van der Waals surface area (Å²) in [5.74, 6) is 0.269. The van der Waals surface area contributed by atoms with Gasteiger partial charge in [-0.15, -0.1) is 0 Å². The van der Waals surface area contributed by atoms with E-state index in [9.17, 15) is 8.42 Å². The first-order valence-corrected chi connectivity index (χ1v) is 9.57. The smallest absolute Gasteiger partial charge is 0.346 e. The fourth-order valence-electron chi connectivity index (χ4n) is 1.98. The van der Waals surface area contributed by atoms with Gasteiger partial charge < -0.3 is 4.18 Å². The van der Waals surface area contributed by atoms with Gasteiger partial charge in [-0.1, -0.05) is 36.1 Å². The molecule has 2 aliphatic rings. The first-order valence-electron chi connectivity index (χ1n) is 8.17. The SMILES string of the molecule is CC(C)/N=N/C1=C/CC=C/C(OS(=O)(=O)C2=C=C/C=C\C/C=C\2)=C\C1. The third kappa shape index (κ3) is 6.53. The average Bonchev–Trinajstić information content (AvgIpc) is 2.48. The molecular weight excluding hydrogens is 336 g/mol. The molecule has 0 amide bonds. The van der Waals surface area contributed by atoms with Crippen LogP contribution in [0.4, 0.5) is 0 Å². The van der Waals surface area contributed by atoms with Gasteiger partial charge in [0.2, 0.25) is 0 Å². The van der Waals surface area contributed by atoms with Crippen LogP contribution in [-0.2, 0) is 14.3 Å². The van der Waals surface area contributed by atoms with Crippen molar-refractivity contribution in [3.63, 3.8) is 0 Å². The number of allylic oxidation sites excluding steroid dienone is 8. The van der Waals surface area contributed by atoms with Crippen molar-refractivity contribution in [1.82, 2.24) is 0 Å². The predicted octanol–water partition coefficient (Wildman–Crippen LogP) is 4.87. The fraction of sp³-hybridized carbons (Fsp3) is 0.316. The fourth-order valence-corrected chi connectivity index (χ4v) is 2.93. The van der Waals surface area contributed by atoms with Crippen LogP contribution < -0.4 is 0 Å². The lowest BCUT2D eigenvalue weighted by Crippen LogP contribution is -2.07. The molecule has 0 fully saturated rings. The molecule has 6 heteroatoms. The Morgan fingerprint density at radius 2 is 1.92 bits per heavy atom. The molecule has 0 bridgehead atoms. The van der Waals surface area contributed by atoms with Crippen molar-refractivity contribution in [3.8, 4) is 0 Å². The van der Waals surface area contributed by atoms with Gasteiger partial charge in [0.05, 0.1) is 11.7 Å². The van der Waals surface area contributed by atoms with Crippen molar-refractivity contribution in [1.29, 1.82) is 0 Å². The summed E-state index contributed by atoms with van der Waals surface area (Å²) in [6.45, 7) is 3.89. The molecule has 0 N–H and O–H groups in total. The van der Waals surface area contributed by atoms with Gasteiger partial charge in [0, 0.05) is 6.42 Å². The van der Waals surface area contributed by atoms with Gasteiger partial charge in [-0.2, -0.15) is 18.6 Å². The molecule has 0 heterocycles. The molecule has 132 valence electrons. The Morgan fingerprint density at radius 1 is 1.12 bits per heavy atom. The summed E-state index contributed by atoms with van der Waals surface area (Å²) < 4.78 is 30.2. The molecule has 0 aromatic heterocycles. The van der Waals surface area contributed by atoms with Crippen molar-refractivity contribution in [2.24, 2.45) is 10.2 Å². The van der Waals surface area contributed by atoms with E-state index in [1.165, 1.54) is 6.08 Å². The van der Waals surface area contributed by atoms with Crippen LogP contribution in [-0.4, -0.2) is 14.5 Å². The first kappa shape index (κ1) is 18.9. The highest BCUT2D eigenvalue weighted by atomic mass is 32.2. The van der Waals surface area contributed by atoms with Crippen LogP contribution in [0.3, 0.4) is 0 Å². The van der Waals surface area contributed by atoms with Gasteiger partial charge in [-0.25, -0.2) is 0 Å².